The minimum absolute atomic E-state index is 0.0963. The van der Waals surface area contributed by atoms with E-state index in [-0.39, 0.29) is 6.61 Å². The highest BCUT2D eigenvalue weighted by Crippen LogP contribution is 2.22. The van der Waals surface area contributed by atoms with Crippen molar-refractivity contribution in [2.75, 3.05) is 7.11 Å². The van der Waals surface area contributed by atoms with Gasteiger partial charge >= 0.3 is 0 Å². The van der Waals surface area contributed by atoms with Gasteiger partial charge in [-0.1, -0.05) is 12.1 Å². The van der Waals surface area contributed by atoms with E-state index >= 15 is 0 Å². The van der Waals surface area contributed by atoms with Gasteiger partial charge in [0, 0.05) is 19.4 Å². The van der Waals surface area contributed by atoms with Crippen LogP contribution >= 0.6 is 0 Å². The van der Waals surface area contributed by atoms with Crippen molar-refractivity contribution in [3.8, 4) is 11.5 Å². The molecule has 4 nitrogen and oxygen atoms in total. The summed E-state index contributed by atoms with van der Waals surface area (Å²) in [6.45, 7) is 0.455. The van der Waals surface area contributed by atoms with Crippen LogP contribution in [0.25, 0.3) is 0 Å². The Morgan fingerprint density at radius 1 is 1.17 bits per heavy atom. The molecule has 18 heavy (non-hydrogen) atoms. The lowest BCUT2D eigenvalue weighted by Gasteiger charge is -2.08. The molecule has 0 spiro atoms. The molecule has 0 fully saturated rings. The van der Waals surface area contributed by atoms with E-state index in [4.69, 9.17) is 14.6 Å². The van der Waals surface area contributed by atoms with E-state index in [1.165, 1.54) is 0 Å². The Labute approximate surface area is 106 Å². The number of ether oxygens (including phenoxy) is 2. The van der Waals surface area contributed by atoms with Crippen LogP contribution in [0.5, 0.6) is 11.5 Å². The lowest BCUT2D eigenvalue weighted by molar-refractivity contribution is 0.184. The molecule has 0 aliphatic carbocycles. The van der Waals surface area contributed by atoms with Gasteiger partial charge in [0.05, 0.1) is 18.9 Å². The molecule has 1 aromatic carbocycles. The summed E-state index contributed by atoms with van der Waals surface area (Å²) >= 11 is 0. The van der Waals surface area contributed by atoms with Crippen LogP contribution in [0.15, 0.2) is 42.6 Å². The quantitative estimate of drug-likeness (QED) is 0.879. The highest BCUT2D eigenvalue weighted by molar-refractivity contribution is 5.33. The van der Waals surface area contributed by atoms with Crippen LogP contribution in [0.4, 0.5) is 0 Å². The van der Waals surface area contributed by atoms with E-state index < -0.39 is 0 Å². The number of rotatable bonds is 5. The normalized spacial score (nSPS) is 10.3. The summed E-state index contributed by atoms with van der Waals surface area (Å²) in [4.78, 5) is 4.00. The first kappa shape index (κ1) is 12.5. The summed E-state index contributed by atoms with van der Waals surface area (Å²) in [5, 5.41) is 9.01. The molecule has 94 valence electrons. The maximum absolute atomic E-state index is 9.01. The first-order valence-corrected chi connectivity index (χ1v) is 5.63. The summed E-state index contributed by atoms with van der Waals surface area (Å²) in [5.74, 6) is 1.39. The zero-order valence-corrected chi connectivity index (χ0v) is 10.2. The zero-order valence-electron chi connectivity index (χ0n) is 10.2. The van der Waals surface area contributed by atoms with Crippen molar-refractivity contribution in [3.63, 3.8) is 0 Å². The van der Waals surface area contributed by atoms with Gasteiger partial charge < -0.3 is 14.6 Å². The molecule has 0 unspecified atom stereocenters. The number of aromatic nitrogens is 1. The standard InChI is InChI=1S/C14H15NO3/c1-17-10-11-3-2-4-13(7-11)18-14-5-6-15-12(8-14)9-16/h2-8,16H,9-10H2,1H3. The summed E-state index contributed by atoms with van der Waals surface area (Å²) in [5.41, 5.74) is 1.63. The monoisotopic (exact) mass is 245 g/mol. The molecule has 0 aliphatic rings. The summed E-state index contributed by atoms with van der Waals surface area (Å²) in [6.07, 6.45) is 1.61. The van der Waals surface area contributed by atoms with Gasteiger partial charge in [0.15, 0.2) is 0 Å². The topological polar surface area (TPSA) is 51.6 Å². The van der Waals surface area contributed by atoms with Gasteiger partial charge in [0.2, 0.25) is 0 Å². The van der Waals surface area contributed by atoms with E-state index in [1.54, 1.807) is 25.4 Å². The summed E-state index contributed by atoms with van der Waals surface area (Å²) < 4.78 is 10.8. The summed E-state index contributed by atoms with van der Waals surface area (Å²) in [7, 11) is 1.66. The van der Waals surface area contributed by atoms with Crippen molar-refractivity contribution >= 4 is 0 Å². The molecule has 0 atom stereocenters. The summed E-state index contributed by atoms with van der Waals surface area (Å²) in [6, 6.07) is 11.1. The third-order valence-corrected chi connectivity index (χ3v) is 2.40. The highest BCUT2D eigenvalue weighted by Gasteiger charge is 2.01. The predicted octanol–water partition coefficient (Wildman–Crippen LogP) is 2.51. The van der Waals surface area contributed by atoms with Crippen LogP contribution in [0.3, 0.4) is 0 Å². The van der Waals surface area contributed by atoms with E-state index in [9.17, 15) is 0 Å². The van der Waals surface area contributed by atoms with Crippen molar-refractivity contribution in [1.82, 2.24) is 4.98 Å². The number of benzene rings is 1. The lowest BCUT2D eigenvalue weighted by Crippen LogP contribution is -1.92. The second kappa shape index (κ2) is 6.14. The molecule has 2 aromatic rings. The Morgan fingerprint density at radius 3 is 2.78 bits per heavy atom. The predicted molar refractivity (Wildman–Crippen MR) is 67.4 cm³/mol. The maximum Gasteiger partial charge on any atom is 0.130 e. The lowest BCUT2D eigenvalue weighted by atomic mass is 10.2. The Hall–Kier alpha value is -1.91. The molecule has 0 saturated carbocycles. The minimum Gasteiger partial charge on any atom is -0.457 e. The molecule has 1 N–H and O–H groups in total. The second-order valence-corrected chi connectivity index (χ2v) is 3.82. The van der Waals surface area contributed by atoms with E-state index in [0.29, 0.717) is 18.1 Å². The van der Waals surface area contributed by atoms with Crippen LogP contribution in [-0.4, -0.2) is 17.2 Å². The third kappa shape index (κ3) is 3.29. The van der Waals surface area contributed by atoms with Crippen LogP contribution in [0, 0.1) is 0 Å². The minimum atomic E-state index is -0.0963. The van der Waals surface area contributed by atoms with Crippen molar-refractivity contribution in [3.05, 3.63) is 53.9 Å². The molecular formula is C14H15NO3. The number of methoxy groups -OCH3 is 1. The van der Waals surface area contributed by atoms with Gasteiger partial charge in [-0.25, -0.2) is 0 Å². The fraction of sp³-hybridized carbons (Fsp3) is 0.214. The molecule has 0 amide bonds. The Balaban J connectivity index is 2.14. The SMILES string of the molecule is COCc1cccc(Oc2ccnc(CO)c2)c1. The molecule has 0 saturated heterocycles. The van der Waals surface area contributed by atoms with E-state index in [2.05, 4.69) is 4.98 Å². The van der Waals surface area contributed by atoms with Gasteiger partial charge in [-0.05, 0) is 23.8 Å². The molecule has 4 heteroatoms. The molecular weight excluding hydrogens is 230 g/mol. The molecule has 0 aliphatic heterocycles. The highest BCUT2D eigenvalue weighted by atomic mass is 16.5. The average molecular weight is 245 g/mol. The third-order valence-electron chi connectivity index (χ3n) is 2.40. The van der Waals surface area contributed by atoms with Crippen molar-refractivity contribution in [2.24, 2.45) is 0 Å². The van der Waals surface area contributed by atoms with Crippen LogP contribution in [0.1, 0.15) is 11.3 Å². The van der Waals surface area contributed by atoms with Crippen LogP contribution in [0.2, 0.25) is 0 Å². The Morgan fingerprint density at radius 2 is 2.00 bits per heavy atom. The molecule has 1 aromatic heterocycles. The molecule has 2 rings (SSSR count). The smallest absolute Gasteiger partial charge is 0.130 e. The molecule has 0 bridgehead atoms. The Bertz CT molecular complexity index is 514. The van der Waals surface area contributed by atoms with Crippen LogP contribution in [-0.2, 0) is 18.0 Å². The molecule has 0 radical (unpaired) electrons. The van der Waals surface area contributed by atoms with Gasteiger partial charge in [-0.15, -0.1) is 0 Å². The molecule has 1 heterocycles. The van der Waals surface area contributed by atoms with E-state index in [1.807, 2.05) is 24.3 Å². The maximum atomic E-state index is 9.01. The second-order valence-electron chi connectivity index (χ2n) is 3.82. The van der Waals surface area contributed by atoms with Gasteiger partial charge in [0.25, 0.3) is 0 Å². The van der Waals surface area contributed by atoms with Gasteiger partial charge in [0.1, 0.15) is 11.5 Å². The van der Waals surface area contributed by atoms with E-state index in [0.717, 1.165) is 11.3 Å². The first-order chi connectivity index (χ1) is 8.81. The number of hydrogen-bond donors (Lipinski definition) is 1. The van der Waals surface area contributed by atoms with Gasteiger partial charge in [-0.2, -0.15) is 0 Å². The van der Waals surface area contributed by atoms with Crippen molar-refractivity contribution in [2.45, 2.75) is 13.2 Å². The van der Waals surface area contributed by atoms with Crippen molar-refractivity contribution in [1.29, 1.82) is 0 Å². The fourth-order valence-electron chi connectivity index (χ4n) is 1.61. The number of nitrogens with zero attached hydrogens (tertiary/aromatic N) is 1. The zero-order chi connectivity index (χ0) is 12.8. The Kier molecular flexibility index (Phi) is 4.28. The number of aliphatic hydroxyl groups excluding tert-OH is 1. The van der Waals surface area contributed by atoms with Crippen LogP contribution < -0.4 is 4.74 Å². The first-order valence-electron chi connectivity index (χ1n) is 5.63. The number of pyridine rings is 1. The fourth-order valence-corrected chi connectivity index (χ4v) is 1.61. The largest absolute Gasteiger partial charge is 0.457 e. The average Bonchev–Trinajstić information content (AvgIpc) is 2.40. The van der Waals surface area contributed by atoms with Crippen molar-refractivity contribution < 1.29 is 14.6 Å². The number of hydrogen-bond acceptors (Lipinski definition) is 4. The number of aliphatic hydroxyl groups is 1. The van der Waals surface area contributed by atoms with Gasteiger partial charge in [-0.3, -0.25) is 4.98 Å².